The highest BCUT2D eigenvalue weighted by atomic mass is 35.5. The highest BCUT2D eigenvalue weighted by Gasteiger charge is 2.36. The van der Waals surface area contributed by atoms with Gasteiger partial charge in [-0.15, -0.1) is 0 Å². The number of alkyl halides is 2. The van der Waals surface area contributed by atoms with Gasteiger partial charge in [0.2, 0.25) is 11.8 Å². The Morgan fingerprint density at radius 1 is 1.04 bits per heavy atom. The molecule has 256 valence electrons. The molecular formula is C34H33Cl2F2N7O4. The summed E-state index contributed by atoms with van der Waals surface area (Å²) < 4.78 is 33.4. The summed E-state index contributed by atoms with van der Waals surface area (Å²) in [6.07, 6.45) is -3.05. The zero-order chi connectivity index (χ0) is 35.0. The highest BCUT2D eigenvalue weighted by molar-refractivity contribution is 6.39. The first-order valence-corrected chi connectivity index (χ1v) is 16.1. The standard InChI is InChI=1S/C34H33Cl2F2N7O4/c1-44-25-14-24(30(37)38)42-31(27(25)33(47)45(2)34(44)48)41-23-9-5-7-20(29(23)36)19-6-4-8-21(28(19)35)22-12-10-17(32(43-22)49-3)15-39-16-18-11-13-26(46)40-18/h4-10,12,14,18,30,33,39,47H,11,13,15-16H2,1-3H3,(H,40,46)(H,41,42)/t18-,33?/m0/s1. The highest BCUT2D eigenvalue weighted by Crippen LogP contribution is 2.44. The van der Waals surface area contributed by atoms with E-state index in [0.717, 1.165) is 23.0 Å². The molecule has 49 heavy (non-hydrogen) atoms. The van der Waals surface area contributed by atoms with Crippen molar-refractivity contribution in [1.29, 1.82) is 0 Å². The molecular weight excluding hydrogens is 679 g/mol. The molecule has 2 aromatic carbocycles. The van der Waals surface area contributed by atoms with Gasteiger partial charge in [-0.1, -0.05) is 59.6 Å². The minimum atomic E-state index is -2.94. The van der Waals surface area contributed by atoms with E-state index in [2.05, 4.69) is 20.9 Å². The van der Waals surface area contributed by atoms with Crippen molar-refractivity contribution in [3.8, 4) is 28.3 Å². The molecule has 1 fully saturated rings. The van der Waals surface area contributed by atoms with Gasteiger partial charge in [0.15, 0.2) is 6.23 Å². The normalized spacial score (nSPS) is 17.4. The maximum atomic E-state index is 13.9. The maximum Gasteiger partial charge on any atom is 0.326 e. The number of hydrogen-bond acceptors (Lipinski definition) is 8. The Bertz CT molecular complexity index is 1930. The van der Waals surface area contributed by atoms with E-state index < -0.39 is 24.4 Å². The number of methoxy groups -OCH3 is 1. The molecule has 6 rings (SSSR count). The minimum Gasteiger partial charge on any atom is -0.481 e. The number of urea groups is 1. The number of amides is 3. The summed E-state index contributed by atoms with van der Waals surface area (Å²) in [6.45, 7) is 1.12. The molecule has 0 radical (unpaired) electrons. The topological polar surface area (TPSA) is 132 Å². The number of halogens is 4. The Hall–Kier alpha value is -4.56. The Morgan fingerprint density at radius 3 is 2.45 bits per heavy atom. The van der Waals surface area contributed by atoms with Gasteiger partial charge in [0, 0.05) is 61.9 Å². The summed E-state index contributed by atoms with van der Waals surface area (Å²) in [5, 5.41) is 20.8. The van der Waals surface area contributed by atoms with Crippen molar-refractivity contribution in [2.75, 3.05) is 38.0 Å². The first-order chi connectivity index (χ1) is 23.5. The third kappa shape index (κ3) is 6.71. The van der Waals surface area contributed by atoms with Gasteiger partial charge in [-0.25, -0.2) is 23.5 Å². The summed E-state index contributed by atoms with van der Waals surface area (Å²) in [5.41, 5.74) is 3.11. The molecule has 0 saturated carbocycles. The second kappa shape index (κ2) is 14.1. The van der Waals surface area contributed by atoms with Crippen molar-refractivity contribution in [1.82, 2.24) is 25.5 Å². The number of rotatable bonds is 10. The molecule has 0 aliphatic carbocycles. The van der Waals surface area contributed by atoms with Crippen molar-refractivity contribution in [3.63, 3.8) is 0 Å². The van der Waals surface area contributed by atoms with Gasteiger partial charge < -0.3 is 25.8 Å². The van der Waals surface area contributed by atoms with Crippen molar-refractivity contribution in [2.45, 2.75) is 38.1 Å². The van der Waals surface area contributed by atoms with Crippen molar-refractivity contribution < 1.29 is 28.2 Å². The van der Waals surface area contributed by atoms with E-state index in [9.17, 15) is 23.5 Å². The monoisotopic (exact) mass is 711 g/mol. The van der Waals surface area contributed by atoms with Gasteiger partial charge >= 0.3 is 6.03 Å². The smallest absolute Gasteiger partial charge is 0.326 e. The number of anilines is 3. The number of nitrogens with zero attached hydrogens (tertiary/aromatic N) is 4. The Kier molecular flexibility index (Phi) is 9.89. The first-order valence-electron chi connectivity index (χ1n) is 15.4. The van der Waals surface area contributed by atoms with E-state index in [1.54, 1.807) is 31.4 Å². The molecule has 3 amide bonds. The van der Waals surface area contributed by atoms with Crippen LogP contribution in [0.25, 0.3) is 22.4 Å². The molecule has 11 nitrogen and oxygen atoms in total. The number of fused-ring (bicyclic) bond motifs is 1. The van der Waals surface area contributed by atoms with Crippen molar-refractivity contribution >= 4 is 52.3 Å². The summed E-state index contributed by atoms with van der Waals surface area (Å²) in [5.74, 6) is 0.408. The molecule has 0 bridgehead atoms. The minimum absolute atomic E-state index is 0.0635. The largest absolute Gasteiger partial charge is 0.481 e. The molecule has 1 saturated heterocycles. The fraction of sp³-hybridized carbons (Fsp3) is 0.294. The summed E-state index contributed by atoms with van der Waals surface area (Å²) in [7, 11) is 4.37. The SMILES string of the molecule is COc1nc(-c2cccc(-c3cccc(Nc4nc(C(F)F)cc5c4C(O)N(C)C(=O)N5C)c3Cl)c2Cl)ccc1CNC[C@@H]1CCC(=O)N1. The first kappa shape index (κ1) is 34.3. The van der Waals surface area contributed by atoms with E-state index in [1.807, 2.05) is 24.3 Å². The lowest BCUT2D eigenvalue weighted by molar-refractivity contribution is -0.119. The van der Waals surface area contributed by atoms with E-state index >= 15 is 0 Å². The second-order valence-corrected chi connectivity index (χ2v) is 12.5. The van der Waals surface area contributed by atoms with Gasteiger partial charge in [-0.3, -0.25) is 14.6 Å². The number of aromatic nitrogens is 2. The third-order valence-corrected chi connectivity index (χ3v) is 9.41. The van der Waals surface area contributed by atoms with Crippen LogP contribution in [-0.4, -0.2) is 65.7 Å². The molecule has 2 aliphatic heterocycles. The number of nitrogens with one attached hydrogen (secondary N) is 3. The number of aliphatic hydroxyl groups is 1. The average molecular weight is 713 g/mol. The fourth-order valence-corrected chi connectivity index (χ4v) is 6.58. The van der Waals surface area contributed by atoms with Gasteiger partial charge in [0.1, 0.15) is 11.5 Å². The molecule has 2 aliphatic rings. The Morgan fingerprint density at radius 2 is 1.76 bits per heavy atom. The molecule has 4 N–H and O–H groups in total. The third-order valence-electron chi connectivity index (χ3n) is 8.60. The summed E-state index contributed by atoms with van der Waals surface area (Å²) >= 11 is 13.9. The Balaban J connectivity index is 1.30. The second-order valence-electron chi connectivity index (χ2n) is 11.7. The van der Waals surface area contributed by atoms with Gasteiger partial charge in [0.25, 0.3) is 6.43 Å². The number of ether oxygens (including phenoxy) is 1. The molecule has 2 aromatic heterocycles. The van der Waals surface area contributed by atoms with Crippen LogP contribution in [0.2, 0.25) is 10.0 Å². The molecule has 1 unspecified atom stereocenters. The Labute approximate surface area is 291 Å². The van der Waals surface area contributed by atoms with Crippen LogP contribution < -0.4 is 25.6 Å². The van der Waals surface area contributed by atoms with Crippen LogP contribution in [0, 0.1) is 0 Å². The molecule has 15 heteroatoms. The van der Waals surface area contributed by atoms with E-state index in [0.29, 0.717) is 58.5 Å². The van der Waals surface area contributed by atoms with Crippen LogP contribution in [0.3, 0.4) is 0 Å². The van der Waals surface area contributed by atoms with Crippen LogP contribution in [0.4, 0.5) is 30.8 Å². The van der Waals surface area contributed by atoms with Crippen molar-refractivity contribution in [3.05, 3.63) is 81.5 Å². The number of hydrogen-bond donors (Lipinski definition) is 4. The van der Waals surface area contributed by atoms with Crippen LogP contribution >= 0.6 is 23.2 Å². The predicted molar refractivity (Wildman–Crippen MR) is 184 cm³/mol. The molecule has 4 heterocycles. The number of pyridine rings is 2. The number of aliphatic hydroxyl groups excluding tert-OH is 1. The molecule has 2 atom stereocenters. The van der Waals surface area contributed by atoms with Gasteiger partial charge in [-0.05, 0) is 24.6 Å². The summed E-state index contributed by atoms with van der Waals surface area (Å²) in [6, 6.07) is 14.9. The van der Waals surface area contributed by atoms with E-state index in [1.165, 1.54) is 19.0 Å². The predicted octanol–water partition coefficient (Wildman–Crippen LogP) is 6.67. The summed E-state index contributed by atoms with van der Waals surface area (Å²) in [4.78, 5) is 35.2. The average Bonchev–Trinajstić information content (AvgIpc) is 3.51. The fourth-order valence-electron chi connectivity index (χ4n) is 5.98. The number of carbonyl (C=O) groups excluding carboxylic acids is 2. The van der Waals surface area contributed by atoms with E-state index in [4.69, 9.17) is 32.9 Å². The molecule has 4 aromatic rings. The molecule has 0 spiro atoms. The van der Waals surface area contributed by atoms with Crippen LogP contribution in [0.15, 0.2) is 54.6 Å². The zero-order valence-electron chi connectivity index (χ0n) is 26.7. The van der Waals surface area contributed by atoms with Crippen LogP contribution in [-0.2, 0) is 11.3 Å². The zero-order valence-corrected chi connectivity index (χ0v) is 28.2. The van der Waals surface area contributed by atoms with Gasteiger partial charge in [0.05, 0.1) is 39.8 Å². The lowest BCUT2D eigenvalue weighted by Gasteiger charge is -2.37. The lowest BCUT2D eigenvalue weighted by atomic mass is 10.00. The van der Waals surface area contributed by atoms with Gasteiger partial charge in [-0.2, -0.15) is 0 Å². The van der Waals surface area contributed by atoms with E-state index in [-0.39, 0.29) is 34.0 Å². The quantitative estimate of drug-likeness (QED) is 0.144. The number of carbonyl (C=O) groups is 2. The van der Waals surface area contributed by atoms with Crippen LogP contribution in [0.5, 0.6) is 5.88 Å². The lowest BCUT2D eigenvalue weighted by Crippen LogP contribution is -2.46. The van der Waals surface area contributed by atoms with Crippen LogP contribution in [0.1, 0.15) is 42.3 Å². The van der Waals surface area contributed by atoms with Crippen molar-refractivity contribution in [2.24, 2.45) is 0 Å². The maximum absolute atomic E-state index is 13.9. The number of benzene rings is 2.